The average molecular weight is 362 g/mol. The van der Waals surface area contributed by atoms with E-state index >= 15 is 0 Å². The van der Waals surface area contributed by atoms with Crippen LogP contribution in [0.5, 0.6) is 11.5 Å². The average Bonchev–Trinajstić information content (AvgIpc) is 2.60. The first-order valence-electron chi connectivity index (χ1n) is 7.76. The minimum atomic E-state index is -0.292. The predicted octanol–water partition coefficient (Wildman–Crippen LogP) is 3.89. The lowest BCUT2D eigenvalue weighted by atomic mass is 10.1. The largest absolute Gasteiger partial charge is 0.491 e. The molecule has 2 N–H and O–H groups in total. The maximum Gasteiger partial charge on any atom is 0.248 e. The molecule has 6 heteroatoms. The Kier molecular flexibility index (Phi) is 6.86. The van der Waals surface area contributed by atoms with Gasteiger partial charge in [-0.2, -0.15) is 0 Å². The second-order valence-electron chi connectivity index (χ2n) is 5.15. The Hall–Kier alpha value is -2.50. The molecule has 132 valence electrons. The van der Waals surface area contributed by atoms with Gasteiger partial charge in [0.05, 0.1) is 25.3 Å². The van der Waals surface area contributed by atoms with Crippen molar-refractivity contribution in [2.45, 2.75) is 13.5 Å². The normalized spacial score (nSPS) is 10.7. The number of ether oxygens (including phenoxy) is 2. The molecule has 0 radical (unpaired) electrons. The molecule has 25 heavy (non-hydrogen) atoms. The number of rotatable bonds is 7. The third-order valence-electron chi connectivity index (χ3n) is 3.34. The Bertz CT molecular complexity index is 774. The number of methoxy groups -OCH3 is 1. The summed E-state index contributed by atoms with van der Waals surface area (Å²) in [5.74, 6) is 0.694. The quantitative estimate of drug-likeness (QED) is 0.734. The zero-order chi connectivity index (χ0) is 18.2. The summed E-state index contributed by atoms with van der Waals surface area (Å²) >= 11 is 6.19. The summed E-state index contributed by atoms with van der Waals surface area (Å²) in [6.45, 7) is 2.26. The van der Waals surface area contributed by atoms with Crippen molar-refractivity contribution in [1.29, 1.82) is 0 Å². The number of carbonyl (C=O) groups excluding carboxylic acids is 1. The van der Waals surface area contributed by atoms with E-state index in [4.69, 9.17) is 26.2 Å². The smallest absolute Gasteiger partial charge is 0.248 e. The molecule has 0 aliphatic carbocycles. The number of nitrogens with one attached hydrogen (secondary N) is 1. The molecule has 0 atom stereocenters. The number of hydrogen-bond donors (Lipinski definition) is 2. The fraction of sp³-hybridized carbons (Fsp3) is 0.211. The topological polar surface area (TPSA) is 67.8 Å². The van der Waals surface area contributed by atoms with Crippen LogP contribution in [0.15, 0.2) is 42.5 Å². The van der Waals surface area contributed by atoms with Crippen LogP contribution in [0, 0.1) is 0 Å². The molecule has 0 unspecified atom stereocenters. The molecule has 0 saturated heterocycles. The molecule has 2 aromatic rings. The summed E-state index contributed by atoms with van der Waals surface area (Å²) in [4.78, 5) is 12.1. The maximum atomic E-state index is 12.1. The third-order valence-corrected chi connectivity index (χ3v) is 3.62. The molecule has 0 aliphatic rings. The van der Waals surface area contributed by atoms with Gasteiger partial charge in [0.1, 0.15) is 0 Å². The molecule has 0 aliphatic heterocycles. The first kappa shape index (κ1) is 18.8. The van der Waals surface area contributed by atoms with Gasteiger partial charge in [-0.1, -0.05) is 23.7 Å². The lowest BCUT2D eigenvalue weighted by Crippen LogP contribution is -2.07. The number of carbonyl (C=O) groups is 1. The summed E-state index contributed by atoms with van der Waals surface area (Å²) < 4.78 is 10.7. The number of aliphatic hydroxyl groups excluding tert-OH is 1. The minimum absolute atomic E-state index is 0.0793. The molecule has 0 heterocycles. The molecule has 0 aromatic heterocycles. The lowest BCUT2D eigenvalue weighted by molar-refractivity contribution is -0.111. The highest BCUT2D eigenvalue weighted by atomic mass is 35.5. The lowest BCUT2D eigenvalue weighted by Gasteiger charge is -2.11. The zero-order valence-corrected chi connectivity index (χ0v) is 14.8. The number of hydrogen-bond acceptors (Lipinski definition) is 4. The molecule has 2 rings (SSSR count). The summed E-state index contributed by atoms with van der Waals surface area (Å²) in [5, 5.41) is 12.3. The highest BCUT2D eigenvalue weighted by molar-refractivity contribution is 6.32. The number of halogens is 1. The Morgan fingerprint density at radius 2 is 2.12 bits per heavy atom. The van der Waals surface area contributed by atoms with E-state index in [9.17, 15) is 4.79 Å². The molecule has 1 amide bonds. The highest BCUT2D eigenvalue weighted by Gasteiger charge is 2.10. The van der Waals surface area contributed by atoms with Gasteiger partial charge in [-0.05, 0) is 48.4 Å². The van der Waals surface area contributed by atoms with Crippen molar-refractivity contribution >= 4 is 29.3 Å². The molecule has 2 aromatic carbocycles. The van der Waals surface area contributed by atoms with Crippen molar-refractivity contribution in [1.82, 2.24) is 0 Å². The van der Waals surface area contributed by atoms with Crippen LogP contribution in [0.2, 0.25) is 5.02 Å². The van der Waals surface area contributed by atoms with Crippen LogP contribution in [0.3, 0.4) is 0 Å². The second kappa shape index (κ2) is 9.11. The van der Waals surface area contributed by atoms with Crippen LogP contribution >= 0.6 is 11.6 Å². The van der Waals surface area contributed by atoms with E-state index in [-0.39, 0.29) is 12.5 Å². The van der Waals surface area contributed by atoms with Gasteiger partial charge in [-0.25, -0.2) is 0 Å². The SMILES string of the molecule is CCOc1cc(/C=C/C(=O)Nc2cccc(CO)c2)cc(Cl)c1OC. The number of amides is 1. The molecular weight excluding hydrogens is 342 g/mol. The summed E-state index contributed by atoms with van der Waals surface area (Å²) in [5.41, 5.74) is 2.06. The molecule has 0 saturated carbocycles. The van der Waals surface area contributed by atoms with Crippen molar-refractivity contribution in [2.75, 3.05) is 19.0 Å². The molecule has 5 nitrogen and oxygen atoms in total. The molecule has 0 bridgehead atoms. The number of anilines is 1. The van der Waals surface area contributed by atoms with E-state index in [0.717, 1.165) is 5.56 Å². The Morgan fingerprint density at radius 3 is 2.80 bits per heavy atom. The van der Waals surface area contributed by atoms with Crippen molar-refractivity contribution in [3.05, 3.63) is 58.6 Å². The first-order chi connectivity index (χ1) is 12.1. The number of aliphatic hydroxyl groups is 1. The van der Waals surface area contributed by atoms with Crippen LogP contribution < -0.4 is 14.8 Å². The second-order valence-corrected chi connectivity index (χ2v) is 5.56. The van der Waals surface area contributed by atoms with Gasteiger partial charge in [0.25, 0.3) is 0 Å². The fourth-order valence-electron chi connectivity index (χ4n) is 2.25. The van der Waals surface area contributed by atoms with Gasteiger partial charge < -0.3 is 19.9 Å². The zero-order valence-electron chi connectivity index (χ0n) is 14.1. The highest BCUT2D eigenvalue weighted by Crippen LogP contribution is 2.36. The van der Waals surface area contributed by atoms with Gasteiger partial charge in [-0.3, -0.25) is 4.79 Å². The van der Waals surface area contributed by atoms with E-state index in [1.165, 1.54) is 13.2 Å². The van der Waals surface area contributed by atoms with E-state index in [2.05, 4.69) is 5.32 Å². The maximum absolute atomic E-state index is 12.1. The van der Waals surface area contributed by atoms with Crippen LogP contribution in [0.4, 0.5) is 5.69 Å². The van der Waals surface area contributed by atoms with Gasteiger partial charge in [0.15, 0.2) is 11.5 Å². The van der Waals surface area contributed by atoms with Gasteiger partial charge in [-0.15, -0.1) is 0 Å². The Labute approximate surface area is 151 Å². The summed E-state index contributed by atoms with van der Waals surface area (Å²) in [7, 11) is 1.52. The van der Waals surface area contributed by atoms with Gasteiger partial charge in [0.2, 0.25) is 5.91 Å². The van der Waals surface area contributed by atoms with E-state index in [1.807, 2.05) is 6.92 Å². The van der Waals surface area contributed by atoms with Crippen molar-refractivity contribution in [3.63, 3.8) is 0 Å². The van der Waals surface area contributed by atoms with Crippen molar-refractivity contribution in [3.8, 4) is 11.5 Å². The van der Waals surface area contributed by atoms with Gasteiger partial charge in [0, 0.05) is 11.8 Å². The summed E-state index contributed by atoms with van der Waals surface area (Å²) in [6.07, 6.45) is 3.04. The van der Waals surface area contributed by atoms with Crippen LogP contribution in [-0.4, -0.2) is 24.7 Å². The molecule has 0 spiro atoms. The standard InChI is InChI=1S/C19H20ClNO4/c1-3-25-17-11-13(10-16(20)19(17)24-2)7-8-18(23)21-15-6-4-5-14(9-15)12-22/h4-11,22H,3,12H2,1-2H3,(H,21,23)/b8-7+. The minimum Gasteiger partial charge on any atom is -0.491 e. The molecule has 0 fully saturated rings. The van der Waals surface area contributed by atoms with Gasteiger partial charge >= 0.3 is 0 Å². The van der Waals surface area contributed by atoms with E-state index < -0.39 is 0 Å². The van der Waals surface area contributed by atoms with E-state index in [1.54, 1.807) is 42.5 Å². The Morgan fingerprint density at radius 1 is 1.32 bits per heavy atom. The third kappa shape index (κ3) is 5.24. The Balaban J connectivity index is 2.13. The number of benzene rings is 2. The molecular formula is C19H20ClNO4. The van der Waals surface area contributed by atoms with Crippen LogP contribution in [0.25, 0.3) is 6.08 Å². The van der Waals surface area contributed by atoms with Crippen molar-refractivity contribution < 1.29 is 19.4 Å². The monoisotopic (exact) mass is 361 g/mol. The first-order valence-corrected chi connectivity index (χ1v) is 8.14. The summed E-state index contributed by atoms with van der Waals surface area (Å²) in [6, 6.07) is 10.5. The van der Waals surface area contributed by atoms with Crippen LogP contribution in [0.1, 0.15) is 18.1 Å². The van der Waals surface area contributed by atoms with Crippen molar-refractivity contribution in [2.24, 2.45) is 0 Å². The van der Waals surface area contributed by atoms with Crippen LogP contribution in [-0.2, 0) is 11.4 Å². The predicted molar refractivity (Wildman–Crippen MR) is 99.2 cm³/mol. The fourth-order valence-corrected chi connectivity index (χ4v) is 2.54. The van der Waals surface area contributed by atoms with E-state index in [0.29, 0.717) is 34.4 Å².